The fourth-order valence-corrected chi connectivity index (χ4v) is 3.27. The zero-order valence-electron chi connectivity index (χ0n) is 10.3. The summed E-state index contributed by atoms with van der Waals surface area (Å²) in [7, 11) is 2.22. The SMILES string of the molecule is CN(Cc1cc(C#CCO)cs1)C1CCCC1. The number of rotatable bonds is 3. The molecule has 3 heteroatoms. The summed E-state index contributed by atoms with van der Waals surface area (Å²) in [5.41, 5.74) is 1.03. The van der Waals surface area contributed by atoms with Crippen LogP contribution in [-0.2, 0) is 6.54 Å². The summed E-state index contributed by atoms with van der Waals surface area (Å²) in [5, 5.41) is 10.7. The second-order valence-corrected chi connectivity index (χ2v) is 5.61. The van der Waals surface area contributed by atoms with Crippen LogP contribution in [0.4, 0.5) is 0 Å². The normalized spacial score (nSPS) is 16.2. The van der Waals surface area contributed by atoms with E-state index in [4.69, 9.17) is 5.11 Å². The van der Waals surface area contributed by atoms with Crippen LogP contribution >= 0.6 is 11.3 Å². The van der Waals surface area contributed by atoms with Crippen molar-refractivity contribution >= 4 is 11.3 Å². The number of thiophene rings is 1. The Hall–Kier alpha value is -0.820. The zero-order valence-corrected chi connectivity index (χ0v) is 11.1. The molecule has 0 bridgehead atoms. The molecule has 0 unspecified atom stereocenters. The van der Waals surface area contributed by atoms with Gasteiger partial charge in [0.15, 0.2) is 0 Å². The molecule has 17 heavy (non-hydrogen) atoms. The van der Waals surface area contributed by atoms with Gasteiger partial charge in [0.1, 0.15) is 6.61 Å². The number of aliphatic hydroxyl groups is 1. The Balaban J connectivity index is 1.91. The van der Waals surface area contributed by atoms with E-state index in [1.165, 1.54) is 30.6 Å². The van der Waals surface area contributed by atoms with Gasteiger partial charge in [0.2, 0.25) is 0 Å². The Morgan fingerprint density at radius 1 is 1.47 bits per heavy atom. The molecule has 1 aromatic heterocycles. The van der Waals surface area contributed by atoms with Gasteiger partial charge in [-0.05, 0) is 26.0 Å². The van der Waals surface area contributed by atoms with E-state index in [1.54, 1.807) is 11.3 Å². The van der Waals surface area contributed by atoms with Crippen molar-refractivity contribution in [1.29, 1.82) is 0 Å². The molecule has 0 spiro atoms. The summed E-state index contributed by atoms with van der Waals surface area (Å²) in [6.07, 6.45) is 5.46. The molecule has 1 heterocycles. The lowest BCUT2D eigenvalue weighted by molar-refractivity contribution is 0.239. The molecule has 2 rings (SSSR count). The standard InChI is InChI=1S/C14H19NOS/c1-15(13-6-2-3-7-13)10-14-9-12(11-17-14)5-4-8-16/h9,11,13,16H,2-3,6-8,10H2,1H3. The van der Waals surface area contributed by atoms with Gasteiger partial charge < -0.3 is 5.11 Å². The van der Waals surface area contributed by atoms with Gasteiger partial charge >= 0.3 is 0 Å². The van der Waals surface area contributed by atoms with Crippen LogP contribution in [-0.4, -0.2) is 29.7 Å². The molecule has 1 aliphatic rings. The van der Waals surface area contributed by atoms with Gasteiger partial charge in [-0.3, -0.25) is 4.90 Å². The van der Waals surface area contributed by atoms with E-state index < -0.39 is 0 Å². The Kier molecular flexibility index (Phi) is 4.61. The number of aliphatic hydroxyl groups excluding tert-OH is 1. The first-order valence-electron chi connectivity index (χ1n) is 6.17. The average Bonchev–Trinajstić information content (AvgIpc) is 2.97. The van der Waals surface area contributed by atoms with Crippen LogP contribution < -0.4 is 0 Å². The molecule has 1 fully saturated rings. The highest BCUT2D eigenvalue weighted by Crippen LogP contribution is 2.25. The van der Waals surface area contributed by atoms with Gasteiger partial charge in [-0.2, -0.15) is 0 Å². The van der Waals surface area contributed by atoms with Crippen LogP contribution in [0.25, 0.3) is 0 Å². The maximum absolute atomic E-state index is 8.64. The molecule has 92 valence electrons. The van der Waals surface area contributed by atoms with Gasteiger partial charge in [0.05, 0.1) is 0 Å². The van der Waals surface area contributed by atoms with Gasteiger partial charge in [-0.25, -0.2) is 0 Å². The van der Waals surface area contributed by atoms with Crippen molar-refractivity contribution < 1.29 is 5.11 Å². The summed E-state index contributed by atoms with van der Waals surface area (Å²) < 4.78 is 0. The third-order valence-corrected chi connectivity index (χ3v) is 4.24. The van der Waals surface area contributed by atoms with E-state index in [2.05, 4.69) is 35.2 Å². The molecule has 0 aliphatic heterocycles. The minimum absolute atomic E-state index is 0.0623. The fourth-order valence-electron chi connectivity index (χ4n) is 2.39. The molecule has 1 N–H and O–H groups in total. The second-order valence-electron chi connectivity index (χ2n) is 4.61. The van der Waals surface area contributed by atoms with Gasteiger partial charge in [-0.15, -0.1) is 11.3 Å². The van der Waals surface area contributed by atoms with Crippen LogP contribution in [0.1, 0.15) is 36.1 Å². The molecule has 1 aromatic rings. The van der Waals surface area contributed by atoms with E-state index >= 15 is 0 Å². The first-order chi connectivity index (χ1) is 8.29. The summed E-state index contributed by atoms with van der Waals surface area (Å²) in [5.74, 6) is 5.63. The van der Waals surface area contributed by atoms with E-state index in [9.17, 15) is 0 Å². The average molecular weight is 249 g/mol. The highest BCUT2D eigenvalue weighted by molar-refractivity contribution is 7.10. The quantitative estimate of drug-likeness (QED) is 0.832. The van der Waals surface area contributed by atoms with Crippen molar-refractivity contribution in [2.24, 2.45) is 0 Å². The van der Waals surface area contributed by atoms with Crippen molar-refractivity contribution in [1.82, 2.24) is 4.90 Å². The Bertz CT molecular complexity index is 409. The first kappa shape index (κ1) is 12.6. The van der Waals surface area contributed by atoms with Crippen LogP contribution in [0.15, 0.2) is 11.4 Å². The lowest BCUT2D eigenvalue weighted by atomic mass is 10.2. The molecule has 0 amide bonds. The van der Waals surface area contributed by atoms with Crippen LogP contribution in [0.5, 0.6) is 0 Å². The van der Waals surface area contributed by atoms with Crippen LogP contribution in [0.3, 0.4) is 0 Å². The molecule has 0 aromatic carbocycles. The molecule has 1 saturated carbocycles. The number of nitrogens with zero attached hydrogens (tertiary/aromatic N) is 1. The molecular formula is C14H19NOS. The van der Waals surface area contributed by atoms with Crippen molar-refractivity contribution in [3.05, 3.63) is 21.9 Å². The molecule has 1 aliphatic carbocycles. The predicted octanol–water partition coefficient (Wildman–Crippen LogP) is 2.47. The minimum Gasteiger partial charge on any atom is -0.384 e. The summed E-state index contributed by atoms with van der Waals surface area (Å²) >= 11 is 1.76. The van der Waals surface area contributed by atoms with E-state index in [0.717, 1.165) is 18.2 Å². The van der Waals surface area contributed by atoms with Crippen molar-refractivity contribution in [3.63, 3.8) is 0 Å². The summed E-state index contributed by atoms with van der Waals surface area (Å²) in [4.78, 5) is 3.82. The third-order valence-electron chi connectivity index (χ3n) is 3.32. The molecule has 0 radical (unpaired) electrons. The maximum Gasteiger partial charge on any atom is 0.104 e. The second kappa shape index (κ2) is 6.20. The monoisotopic (exact) mass is 249 g/mol. The summed E-state index contributed by atoms with van der Waals surface area (Å²) in [6, 6.07) is 2.91. The number of hydrogen-bond donors (Lipinski definition) is 1. The van der Waals surface area contributed by atoms with E-state index in [-0.39, 0.29) is 6.61 Å². The fraction of sp³-hybridized carbons (Fsp3) is 0.571. The van der Waals surface area contributed by atoms with E-state index in [0.29, 0.717) is 0 Å². The van der Waals surface area contributed by atoms with E-state index in [1.807, 2.05) is 0 Å². The Morgan fingerprint density at radius 3 is 2.94 bits per heavy atom. The number of hydrogen-bond acceptors (Lipinski definition) is 3. The first-order valence-corrected chi connectivity index (χ1v) is 7.05. The molecule has 0 saturated heterocycles. The van der Waals surface area contributed by atoms with Gasteiger partial charge in [-0.1, -0.05) is 24.7 Å². The van der Waals surface area contributed by atoms with Crippen LogP contribution in [0.2, 0.25) is 0 Å². The maximum atomic E-state index is 8.64. The molecule has 0 atom stereocenters. The zero-order chi connectivity index (χ0) is 12.1. The lowest BCUT2D eigenvalue weighted by Crippen LogP contribution is -2.28. The topological polar surface area (TPSA) is 23.5 Å². The minimum atomic E-state index is -0.0623. The highest BCUT2D eigenvalue weighted by Gasteiger charge is 2.19. The lowest BCUT2D eigenvalue weighted by Gasteiger charge is -2.23. The Morgan fingerprint density at radius 2 is 2.24 bits per heavy atom. The largest absolute Gasteiger partial charge is 0.384 e. The smallest absolute Gasteiger partial charge is 0.104 e. The van der Waals surface area contributed by atoms with Crippen molar-refractivity contribution in [3.8, 4) is 11.8 Å². The predicted molar refractivity (Wildman–Crippen MR) is 72.0 cm³/mol. The summed E-state index contributed by atoms with van der Waals surface area (Å²) in [6.45, 7) is 0.962. The third kappa shape index (κ3) is 3.57. The van der Waals surface area contributed by atoms with Gasteiger partial charge in [0, 0.05) is 28.4 Å². The Labute approximate surface area is 107 Å². The van der Waals surface area contributed by atoms with Gasteiger partial charge in [0.25, 0.3) is 0 Å². The molecular weight excluding hydrogens is 230 g/mol. The van der Waals surface area contributed by atoms with Crippen molar-refractivity contribution in [2.75, 3.05) is 13.7 Å². The van der Waals surface area contributed by atoms with Crippen molar-refractivity contribution in [2.45, 2.75) is 38.3 Å². The highest BCUT2D eigenvalue weighted by atomic mass is 32.1. The molecule has 2 nitrogen and oxygen atoms in total. The van der Waals surface area contributed by atoms with Crippen LogP contribution in [0, 0.1) is 11.8 Å².